The number of nitrogens with zero attached hydrogens (tertiary/aromatic N) is 1. The van der Waals surface area contributed by atoms with E-state index in [1.54, 1.807) is 19.1 Å². The fourth-order valence-corrected chi connectivity index (χ4v) is 3.52. The molecule has 0 saturated carbocycles. The van der Waals surface area contributed by atoms with Crippen LogP contribution in [0.1, 0.15) is 26.2 Å². The van der Waals surface area contributed by atoms with Crippen molar-refractivity contribution in [2.45, 2.75) is 32.1 Å². The Morgan fingerprint density at radius 2 is 1.92 bits per heavy atom. The summed E-state index contributed by atoms with van der Waals surface area (Å²) in [5.74, 6) is -1.07. The molecule has 25 heavy (non-hydrogen) atoms. The smallest absolute Gasteiger partial charge is 0.307 e. The van der Waals surface area contributed by atoms with Crippen LogP contribution >= 0.6 is 0 Å². The van der Waals surface area contributed by atoms with Crippen molar-refractivity contribution < 1.29 is 22.7 Å². The van der Waals surface area contributed by atoms with Crippen LogP contribution in [0.3, 0.4) is 0 Å². The maximum absolute atomic E-state index is 12.4. The molecule has 1 heterocycles. The second kappa shape index (κ2) is 7.79. The number of hydrogen-bond donors (Lipinski definition) is 2. The van der Waals surface area contributed by atoms with Crippen LogP contribution in [0.15, 0.2) is 39.8 Å². The lowest BCUT2D eigenvalue weighted by atomic mass is 9.98. The molecule has 0 radical (unpaired) electrons. The molecular formula is C17H22N2O5S. The van der Waals surface area contributed by atoms with E-state index >= 15 is 0 Å². The number of rotatable bonds is 8. The fourth-order valence-electron chi connectivity index (χ4n) is 2.43. The molecule has 2 N–H and O–H groups in total. The Hall–Kier alpha value is -2.19. The van der Waals surface area contributed by atoms with E-state index in [1.807, 2.05) is 13.8 Å². The first-order chi connectivity index (χ1) is 11.7. The molecule has 0 spiro atoms. The van der Waals surface area contributed by atoms with E-state index in [9.17, 15) is 18.3 Å². The highest BCUT2D eigenvalue weighted by molar-refractivity contribution is 7.89. The van der Waals surface area contributed by atoms with Gasteiger partial charge in [0, 0.05) is 19.0 Å². The van der Waals surface area contributed by atoms with Crippen molar-refractivity contribution >= 4 is 16.0 Å². The van der Waals surface area contributed by atoms with Crippen molar-refractivity contribution in [3.63, 3.8) is 0 Å². The number of oxazole rings is 1. The number of carboxylic acid groups (broad SMARTS) is 1. The predicted octanol–water partition coefficient (Wildman–Crippen LogP) is 2.68. The van der Waals surface area contributed by atoms with Gasteiger partial charge in [-0.1, -0.05) is 26.0 Å². The molecule has 8 heteroatoms. The summed E-state index contributed by atoms with van der Waals surface area (Å²) in [5, 5.41) is 9.20. The molecule has 1 aromatic heterocycles. The van der Waals surface area contributed by atoms with E-state index in [4.69, 9.17) is 4.42 Å². The molecular weight excluding hydrogens is 344 g/mol. The van der Waals surface area contributed by atoms with Crippen LogP contribution in [0.25, 0.3) is 11.3 Å². The summed E-state index contributed by atoms with van der Waals surface area (Å²) in [5.41, 5.74) is 1.36. The first-order valence-corrected chi connectivity index (χ1v) is 9.42. The van der Waals surface area contributed by atoms with E-state index < -0.39 is 21.9 Å². The summed E-state index contributed by atoms with van der Waals surface area (Å²) in [6.45, 7) is 5.38. The fraction of sp³-hybridized carbons (Fsp3) is 0.412. The molecule has 0 amide bonds. The van der Waals surface area contributed by atoms with Crippen molar-refractivity contribution in [3.05, 3.63) is 36.4 Å². The topological polar surface area (TPSA) is 110 Å². The van der Waals surface area contributed by atoms with Gasteiger partial charge in [-0.05, 0) is 24.5 Å². The highest BCUT2D eigenvalue weighted by Crippen LogP contribution is 2.21. The molecule has 0 bridgehead atoms. The van der Waals surface area contributed by atoms with Crippen LogP contribution < -0.4 is 4.72 Å². The first kappa shape index (κ1) is 19.1. The summed E-state index contributed by atoms with van der Waals surface area (Å²) in [4.78, 5) is 15.5. The maximum Gasteiger partial charge on any atom is 0.307 e. The van der Waals surface area contributed by atoms with Gasteiger partial charge in [0.2, 0.25) is 10.0 Å². The maximum atomic E-state index is 12.4. The Labute approximate surface area is 147 Å². The molecule has 7 nitrogen and oxygen atoms in total. The highest BCUT2D eigenvalue weighted by Gasteiger charge is 2.22. The Kier molecular flexibility index (Phi) is 5.97. The lowest BCUT2D eigenvalue weighted by Crippen LogP contribution is -2.33. The highest BCUT2D eigenvalue weighted by atomic mass is 32.2. The molecule has 1 aromatic carbocycles. The van der Waals surface area contributed by atoms with Crippen LogP contribution in [-0.2, 0) is 14.8 Å². The summed E-state index contributed by atoms with van der Waals surface area (Å²) in [6.07, 6.45) is 1.91. The third-order valence-electron chi connectivity index (χ3n) is 3.70. The van der Waals surface area contributed by atoms with Crippen LogP contribution in [0, 0.1) is 18.8 Å². The molecule has 0 aliphatic heterocycles. The van der Waals surface area contributed by atoms with Crippen molar-refractivity contribution in [2.24, 2.45) is 11.8 Å². The van der Waals surface area contributed by atoms with Gasteiger partial charge >= 0.3 is 5.97 Å². The number of carboxylic acids is 1. The van der Waals surface area contributed by atoms with Crippen molar-refractivity contribution in [3.8, 4) is 11.3 Å². The minimum atomic E-state index is -3.78. The SMILES string of the molecule is Cc1nc(-c2ccc(S(=O)(=O)NCC(CC(C)C)C(=O)O)cc2)co1. The molecule has 136 valence electrons. The van der Waals surface area contributed by atoms with Gasteiger partial charge in [0.1, 0.15) is 12.0 Å². The van der Waals surface area contributed by atoms with Gasteiger partial charge in [-0.15, -0.1) is 0 Å². The van der Waals surface area contributed by atoms with Crippen molar-refractivity contribution in [1.82, 2.24) is 9.71 Å². The van der Waals surface area contributed by atoms with Crippen LogP contribution in [0.5, 0.6) is 0 Å². The van der Waals surface area contributed by atoms with Crippen molar-refractivity contribution in [2.75, 3.05) is 6.54 Å². The van der Waals surface area contributed by atoms with Gasteiger partial charge in [-0.3, -0.25) is 4.79 Å². The predicted molar refractivity (Wildman–Crippen MR) is 92.4 cm³/mol. The molecule has 2 aromatic rings. The quantitative estimate of drug-likeness (QED) is 0.743. The summed E-state index contributed by atoms with van der Waals surface area (Å²) < 4.78 is 32.2. The van der Waals surface area contributed by atoms with Gasteiger partial charge in [-0.2, -0.15) is 0 Å². The monoisotopic (exact) mass is 366 g/mol. The third kappa shape index (κ3) is 5.14. The summed E-state index contributed by atoms with van der Waals surface area (Å²) in [7, 11) is -3.78. The number of carbonyl (C=O) groups is 1. The number of hydrogen-bond acceptors (Lipinski definition) is 5. The lowest BCUT2D eigenvalue weighted by Gasteiger charge is -2.15. The molecule has 0 fully saturated rings. The van der Waals surface area contributed by atoms with E-state index in [2.05, 4.69) is 9.71 Å². The molecule has 0 aliphatic carbocycles. The molecule has 1 atom stereocenters. The van der Waals surface area contributed by atoms with E-state index in [-0.39, 0.29) is 17.4 Å². The normalized spacial score (nSPS) is 13.1. The number of aliphatic carboxylic acids is 1. The van der Waals surface area contributed by atoms with E-state index in [0.717, 1.165) is 5.56 Å². The second-order valence-corrected chi connectivity index (χ2v) is 8.06. The van der Waals surface area contributed by atoms with Gasteiger partial charge in [0.15, 0.2) is 5.89 Å². The van der Waals surface area contributed by atoms with Gasteiger partial charge in [0.05, 0.1) is 10.8 Å². The third-order valence-corrected chi connectivity index (χ3v) is 5.14. The minimum absolute atomic E-state index is 0.0742. The Balaban J connectivity index is 2.09. The molecule has 0 saturated heterocycles. The largest absolute Gasteiger partial charge is 0.481 e. The van der Waals surface area contributed by atoms with Gasteiger partial charge in [-0.25, -0.2) is 18.1 Å². The van der Waals surface area contributed by atoms with Crippen LogP contribution in [0.4, 0.5) is 0 Å². The zero-order valence-corrected chi connectivity index (χ0v) is 15.2. The second-order valence-electron chi connectivity index (χ2n) is 6.29. The van der Waals surface area contributed by atoms with Gasteiger partial charge in [0.25, 0.3) is 0 Å². The van der Waals surface area contributed by atoms with Crippen molar-refractivity contribution in [1.29, 1.82) is 0 Å². The summed E-state index contributed by atoms with van der Waals surface area (Å²) in [6, 6.07) is 6.18. The average molecular weight is 366 g/mol. The number of sulfonamides is 1. The van der Waals surface area contributed by atoms with Crippen LogP contribution in [-0.4, -0.2) is 31.0 Å². The molecule has 0 aliphatic rings. The Morgan fingerprint density at radius 3 is 2.40 bits per heavy atom. The van der Waals surface area contributed by atoms with Crippen LogP contribution in [0.2, 0.25) is 0 Å². The zero-order valence-electron chi connectivity index (χ0n) is 14.4. The molecule has 1 unspecified atom stereocenters. The van der Waals surface area contributed by atoms with E-state index in [1.165, 1.54) is 18.4 Å². The van der Waals surface area contributed by atoms with E-state index in [0.29, 0.717) is 18.0 Å². The van der Waals surface area contributed by atoms with Gasteiger partial charge < -0.3 is 9.52 Å². The Morgan fingerprint density at radius 1 is 1.28 bits per heavy atom. The number of aryl methyl sites for hydroxylation is 1. The first-order valence-electron chi connectivity index (χ1n) is 7.94. The molecule has 2 rings (SSSR count). The average Bonchev–Trinajstić information content (AvgIpc) is 2.97. The minimum Gasteiger partial charge on any atom is -0.481 e. The number of aromatic nitrogens is 1. The lowest BCUT2D eigenvalue weighted by molar-refractivity contribution is -0.142. The standard InChI is InChI=1S/C17H22N2O5S/c1-11(2)8-14(17(20)21)9-18-25(22,23)15-6-4-13(5-7-15)16-10-24-12(3)19-16/h4-7,10-11,14,18H,8-9H2,1-3H3,(H,20,21). The number of nitrogens with one attached hydrogen (secondary N) is 1. The number of benzene rings is 1. The Bertz CT molecular complexity index is 825. The summed E-state index contributed by atoms with van der Waals surface area (Å²) >= 11 is 0. The zero-order chi connectivity index (χ0) is 18.6.